The van der Waals surface area contributed by atoms with Crippen LogP contribution < -0.4 is 5.32 Å². The van der Waals surface area contributed by atoms with E-state index in [4.69, 9.17) is 5.26 Å². The summed E-state index contributed by atoms with van der Waals surface area (Å²) in [6.07, 6.45) is 0.976. The highest BCUT2D eigenvalue weighted by Crippen LogP contribution is 2.09. The van der Waals surface area contributed by atoms with Gasteiger partial charge in [-0.25, -0.2) is 0 Å². The number of hydrogen-bond acceptors (Lipinski definition) is 3. The summed E-state index contributed by atoms with van der Waals surface area (Å²) in [6.45, 7) is 5.46. The van der Waals surface area contributed by atoms with Crippen LogP contribution >= 0.6 is 0 Å². The van der Waals surface area contributed by atoms with Gasteiger partial charge in [0.15, 0.2) is 0 Å². The van der Waals surface area contributed by atoms with Crippen molar-refractivity contribution in [2.45, 2.75) is 6.42 Å². The average Bonchev–Trinajstić information content (AvgIpc) is 2.38. The van der Waals surface area contributed by atoms with Crippen molar-refractivity contribution in [2.75, 3.05) is 32.7 Å². The topological polar surface area (TPSA) is 39.1 Å². The molecule has 1 heterocycles. The van der Waals surface area contributed by atoms with E-state index in [1.807, 2.05) is 18.2 Å². The minimum Gasteiger partial charge on any atom is -0.314 e. The van der Waals surface area contributed by atoms with Crippen LogP contribution in [0.15, 0.2) is 24.3 Å². The second-order valence-corrected chi connectivity index (χ2v) is 4.11. The molecule has 0 amide bonds. The highest BCUT2D eigenvalue weighted by atomic mass is 15.2. The van der Waals surface area contributed by atoms with Gasteiger partial charge in [-0.2, -0.15) is 5.26 Å². The predicted octanol–water partition coefficient (Wildman–Crippen LogP) is 1.01. The number of hydrogen-bond donors (Lipinski definition) is 1. The predicted molar refractivity (Wildman–Crippen MR) is 64.2 cm³/mol. The average molecular weight is 215 g/mol. The van der Waals surface area contributed by atoms with Crippen molar-refractivity contribution in [1.82, 2.24) is 10.2 Å². The largest absolute Gasteiger partial charge is 0.314 e. The van der Waals surface area contributed by atoms with E-state index < -0.39 is 0 Å². The zero-order valence-electron chi connectivity index (χ0n) is 9.45. The Kier molecular flexibility index (Phi) is 3.92. The second kappa shape index (κ2) is 5.64. The molecule has 0 aliphatic carbocycles. The quantitative estimate of drug-likeness (QED) is 0.817. The Morgan fingerprint density at radius 2 is 2.00 bits per heavy atom. The highest BCUT2D eigenvalue weighted by molar-refractivity contribution is 5.37. The first-order valence-corrected chi connectivity index (χ1v) is 5.81. The molecule has 0 aromatic heterocycles. The van der Waals surface area contributed by atoms with Gasteiger partial charge < -0.3 is 10.2 Å². The minimum atomic E-state index is 0.817. The van der Waals surface area contributed by atoms with Crippen molar-refractivity contribution in [3.05, 3.63) is 35.4 Å². The van der Waals surface area contributed by atoms with Crippen LogP contribution in [-0.4, -0.2) is 37.6 Å². The second-order valence-electron chi connectivity index (χ2n) is 4.11. The molecule has 0 unspecified atom stereocenters. The van der Waals surface area contributed by atoms with Crippen molar-refractivity contribution < 1.29 is 0 Å². The van der Waals surface area contributed by atoms with E-state index in [1.165, 1.54) is 5.56 Å². The summed E-state index contributed by atoms with van der Waals surface area (Å²) in [5.74, 6) is 0. The van der Waals surface area contributed by atoms with Gasteiger partial charge in [-0.3, -0.25) is 0 Å². The maximum Gasteiger partial charge on any atom is 0.0994 e. The van der Waals surface area contributed by atoms with Crippen molar-refractivity contribution in [3.63, 3.8) is 0 Å². The van der Waals surface area contributed by atoms with Crippen LogP contribution in [-0.2, 0) is 6.42 Å². The van der Waals surface area contributed by atoms with Crippen molar-refractivity contribution >= 4 is 0 Å². The van der Waals surface area contributed by atoms with Crippen LogP contribution in [0.2, 0.25) is 0 Å². The summed E-state index contributed by atoms with van der Waals surface area (Å²) in [5.41, 5.74) is 1.99. The van der Waals surface area contributed by atoms with Crippen LogP contribution in [0.25, 0.3) is 0 Å². The van der Waals surface area contributed by atoms with Crippen molar-refractivity contribution in [1.29, 1.82) is 5.26 Å². The molecule has 3 nitrogen and oxygen atoms in total. The monoisotopic (exact) mass is 215 g/mol. The van der Waals surface area contributed by atoms with Crippen LogP contribution in [0, 0.1) is 11.3 Å². The van der Waals surface area contributed by atoms with Crippen molar-refractivity contribution in [2.24, 2.45) is 0 Å². The van der Waals surface area contributed by atoms with Gasteiger partial charge in [0.05, 0.1) is 11.6 Å². The molecule has 1 aromatic carbocycles. The molecule has 0 radical (unpaired) electrons. The number of benzene rings is 1. The van der Waals surface area contributed by atoms with Gasteiger partial charge in [0, 0.05) is 32.7 Å². The molecule has 1 aliphatic heterocycles. The third-order valence-electron chi connectivity index (χ3n) is 3.04. The lowest BCUT2D eigenvalue weighted by atomic mass is 10.1. The first-order chi connectivity index (χ1) is 7.90. The van der Waals surface area contributed by atoms with Gasteiger partial charge in [0.1, 0.15) is 0 Å². The lowest BCUT2D eigenvalue weighted by molar-refractivity contribution is 0.244. The summed E-state index contributed by atoms with van der Waals surface area (Å²) in [6, 6.07) is 10.1. The minimum absolute atomic E-state index is 0.817. The molecular formula is C13H17N3. The Labute approximate surface area is 96.7 Å². The van der Waals surface area contributed by atoms with Gasteiger partial charge in [-0.15, -0.1) is 0 Å². The summed E-state index contributed by atoms with van der Waals surface area (Å²) < 4.78 is 0. The number of rotatable bonds is 3. The third-order valence-corrected chi connectivity index (χ3v) is 3.04. The highest BCUT2D eigenvalue weighted by Gasteiger charge is 2.09. The normalized spacial score (nSPS) is 16.9. The Morgan fingerprint density at radius 3 is 2.75 bits per heavy atom. The Bertz CT molecular complexity index is 375. The van der Waals surface area contributed by atoms with Crippen LogP contribution in [0.4, 0.5) is 0 Å². The Balaban J connectivity index is 1.91. The molecule has 3 heteroatoms. The molecule has 1 aromatic rings. The molecule has 1 saturated heterocycles. The summed E-state index contributed by atoms with van der Waals surface area (Å²) in [4.78, 5) is 2.45. The number of nitrogens with one attached hydrogen (secondary N) is 1. The summed E-state index contributed by atoms with van der Waals surface area (Å²) in [7, 11) is 0. The molecule has 1 aliphatic rings. The fourth-order valence-electron chi connectivity index (χ4n) is 2.06. The van der Waals surface area contributed by atoms with E-state index in [0.717, 1.165) is 44.7 Å². The summed E-state index contributed by atoms with van der Waals surface area (Å²) >= 11 is 0. The van der Waals surface area contributed by atoms with E-state index in [-0.39, 0.29) is 0 Å². The molecule has 1 fully saturated rings. The SMILES string of the molecule is N#Cc1ccccc1CCN1CCNCC1. The van der Waals surface area contributed by atoms with Gasteiger partial charge in [0.2, 0.25) is 0 Å². The number of nitriles is 1. The number of nitrogens with zero attached hydrogens (tertiary/aromatic N) is 2. The molecule has 1 N–H and O–H groups in total. The van der Waals surface area contributed by atoms with Crippen LogP contribution in [0.3, 0.4) is 0 Å². The van der Waals surface area contributed by atoms with Crippen molar-refractivity contribution in [3.8, 4) is 6.07 Å². The third kappa shape index (κ3) is 2.82. The molecular weight excluding hydrogens is 198 g/mol. The van der Waals surface area contributed by atoms with E-state index in [2.05, 4.69) is 22.4 Å². The Hall–Kier alpha value is -1.37. The molecule has 0 atom stereocenters. The fourth-order valence-corrected chi connectivity index (χ4v) is 2.06. The first-order valence-electron chi connectivity index (χ1n) is 5.81. The fraction of sp³-hybridized carbons (Fsp3) is 0.462. The molecule has 2 rings (SSSR count). The maximum atomic E-state index is 8.98. The van der Waals surface area contributed by atoms with Crippen LogP contribution in [0.1, 0.15) is 11.1 Å². The zero-order valence-corrected chi connectivity index (χ0v) is 9.45. The lowest BCUT2D eigenvalue weighted by Crippen LogP contribution is -2.44. The molecule has 0 bridgehead atoms. The van der Waals surface area contributed by atoms with E-state index in [0.29, 0.717) is 0 Å². The molecule has 0 saturated carbocycles. The molecule has 84 valence electrons. The maximum absolute atomic E-state index is 8.98. The molecule has 0 spiro atoms. The van der Waals surface area contributed by atoms with Crippen LogP contribution in [0.5, 0.6) is 0 Å². The molecule has 16 heavy (non-hydrogen) atoms. The lowest BCUT2D eigenvalue weighted by Gasteiger charge is -2.27. The smallest absolute Gasteiger partial charge is 0.0994 e. The van der Waals surface area contributed by atoms with E-state index in [1.54, 1.807) is 0 Å². The van der Waals surface area contributed by atoms with Gasteiger partial charge >= 0.3 is 0 Å². The van der Waals surface area contributed by atoms with Gasteiger partial charge in [-0.1, -0.05) is 18.2 Å². The summed E-state index contributed by atoms with van der Waals surface area (Å²) in [5, 5.41) is 12.3. The van der Waals surface area contributed by atoms with Gasteiger partial charge in [0.25, 0.3) is 0 Å². The van der Waals surface area contributed by atoms with E-state index >= 15 is 0 Å². The zero-order chi connectivity index (χ0) is 11.2. The Morgan fingerprint density at radius 1 is 1.25 bits per heavy atom. The van der Waals surface area contributed by atoms with E-state index in [9.17, 15) is 0 Å². The first kappa shape index (κ1) is 11.1. The van der Waals surface area contributed by atoms with Gasteiger partial charge in [-0.05, 0) is 18.1 Å². The standard InChI is InChI=1S/C13H17N3/c14-11-13-4-2-1-3-12(13)5-8-16-9-6-15-7-10-16/h1-4,15H,5-10H2. The number of piperazine rings is 1.